The standard InChI is InChI=1S/C19H17F2N3O3S/c20-16-5-4-12(6-17(16)21)18(25)8-22-19(26)24-13-2-1-3-15(7-13)27-9-14-10-28-11-23-14/h1-7,10-11,18,25H,8-9H2,(H2,22,24,26). The number of benzene rings is 2. The lowest BCUT2D eigenvalue weighted by Gasteiger charge is -2.13. The van der Waals surface area contributed by atoms with E-state index in [1.807, 2.05) is 5.38 Å². The molecule has 9 heteroatoms. The second-order valence-corrected chi connectivity index (χ2v) is 6.54. The van der Waals surface area contributed by atoms with Crippen LogP contribution in [0.5, 0.6) is 5.75 Å². The van der Waals surface area contributed by atoms with Crippen LogP contribution in [0.2, 0.25) is 0 Å². The molecular weight excluding hydrogens is 388 g/mol. The van der Waals surface area contributed by atoms with E-state index in [1.165, 1.54) is 17.4 Å². The number of urea groups is 1. The van der Waals surface area contributed by atoms with Gasteiger partial charge in [0.15, 0.2) is 11.6 Å². The first-order valence-corrected chi connectivity index (χ1v) is 9.23. The van der Waals surface area contributed by atoms with Crippen molar-refractivity contribution in [1.82, 2.24) is 10.3 Å². The van der Waals surface area contributed by atoms with Crippen molar-refractivity contribution in [2.24, 2.45) is 0 Å². The summed E-state index contributed by atoms with van der Waals surface area (Å²) in [7, 11) is 0. The number of hydrogen-bond acceptors (Lipinski definition) is 5. The Labute approximate surface area is 163 Å². The van der Waals surface area contributed by atoms with Gasteiger partial charge in [0.25, 0.3) is 0 Å². The Morgan fingerprint density at radius 1 is 1.21 bits per heavy atom. The maximum Gasteiger partial charge on any atom is 0.319 e. The van der Waals surface area contributed by atoms with E-state index < -0.39 is 23.8 Å². The van der Waals surface area contributed by atoms with Crippen LogP contribution in [0.1, 0.15) is 17.4 Å². The van der Waals surface area contributed by atoms with Gasteiger partial charge in [0, 0.05) is 23.7 Å². The van der Waals surface area contributed by atoms with E-state index in [9.17, 15) is 18.7 Å². The molecule has 3 N–H and O–H groups in total. The molecule has 28 heavy (non-hydrogen) atoms. The lowest BCUT2D eigenvalue weighted by atomic mass is 10.1. The number of halogens is 2. The smallest absolute Gasteiger partial charge is 0.319 e. The molecule has 0 aliphatic carbocycles. The highest BCUT2D eigenvalue weighted by molar-refractivity contribution is 7.07. The molecule has 0 bridgehead atoms. The lowest BCUT2D eigenvalue weighted by molar-refractivity contribution is 0.174. The van der Waals surface area contributed by atoms with Crippen LogP contribution in [-0.2, 0) is 6.61 Å². The number of rotatable bonds is 7. The molecule has 0 aliphatic rings. The molecule has 1 aromatic heterocycles. The summed E-state index contributed by atoms with van der Waals surface area (Å²) >= 11 is 1.48. The average Bonchev–Trinajstić information content (AvgIpc) is 3.20. The normalized spacial score (nSPS) is 11.7. The van der Waals surface area contributed by atoms with Crippen molar-refractivity contribution < 1.29 is 23.4 Å². The molecule has 2 amide bonds. The molecule has 3 rings (SSSR count). The third-order valence-corrected chi connectivity index (χ3v) is 4.38. The van der Waals surface area contributed by atoms with Crippen molar-refractivity contribution in [2.45, 2.75) is 12.7 Å². The van der Waals surface area contributed by atoms with Crippen LogP contribution >= 0.6 is 11.3 Å². The number of amides is 2. The quantitative estimate of drug-likeness (QED) is 0.558. The van der Waals surface area contributed by atoms with E-state index in [0.29, 0.717) is 18.0 Å². The van der Waals surface area contributed by atoms with Crippen molar-refractivity contribution in [3.05, 3.63) is 76.2 Å². The molecule has 6 nitrogen and oxygen atoms in total. The number of carbonyl (C=O) groups excluding carboxylic acids is 1. The van der Waals surface area contributed by atoms with Gasteiger partial charge < -0.3 is 20.5 Å². The Balaban J connectivity index is 1.50. The first-order chi connectivity index (χ1) is 13.5. The highest BCUT2D eigenvalue weighted by atomic mass is 32.1. The molecular formula is C19H17F2N3O3S. The first-order valence-electron chi connectivity index (χ1n) is 8.29. The minimum Gasteiger partial charge on any atom is -0.487 e. The van der Waals surface area contributed by atoms with Crippen LogP contribution in [0.4, 0.5) is 19.3 Å². The highest BCUT2D eigenvalue weighted by Crippen LogP contribution is 2.19. The van der Waals surface area contributed by atoms with Gasteiger partial charge in [-0.25, -0.2) is 18.6 Å². The van der Waals surface area contributed by atoms with Crippen molar-refractivity contribution in [2.75, 3.05) is 11.9 Å². The largest absolute Gasteiger partial charge is 0.487 e. The van der Waals surface area contributed by atoms with Crippen LogP contribution < -0.4 is 15.4 Å². The van der Waals surface area contributed by atoms with E-state index >= 15 is 0 Å². The Morgan fingerprint density at radius 3 is 2.82 bits per heavy atom. The summed E-state index contributed by atoms with van der Waals surface area (Å²) in [6, 6.07) is 9.32. The van der Waals surface area contributed by atoms with Gasteiger partial charge in [0.05, 0.1) is 17.3 Å². The van der Waals surface area contributed by atoms with E-state index in [1.54, 1.807) is 29.8 Å². The van der Waals surface area contributed by atoms with E-state index in [-0.39, 0.29) is 12.1 Å². The summed E-state index contributed by atoms with van der Waals surface area (Å²) in [6.07, 6.45) is -1.17. The molecule has 1 heterocycles. The summed E-state index contributed by atoms with van der Waals surface area (Å²) < 4.78 is 31.8. The molecule has 3 aromatic rings. The van der Waals surface area contributed by atoms with Crippen molar-refractivity contribution in [3.8, 4) is 5.75 Å². The summed E-state index contributed by atoms with van der Waals surface area (Å²) in [6.45, 7) is 0.149. The van der Waals surface area contributed by atoms with Gasteiger partial charge in [-0.1, -0.05) is 12.1 Å². The van der Waals surface area contributed by atoms with Crippen LogP contribution in [0.3, 0.4) is 0 Å². The van der Waals surface area contributed by atoms with Gasteiger partial charge in [-0.15, -0.1) is 11.3 Å². The van der Waals surface area contributed by atoms with Crippen molar-refractivity contribution >= 4 is 23.1 Å². The number of carbonyl (C=O) groups is 1. The maximum atomic E-state index is 13.2. The zero-order valence-electron chi connectivity index (χ0n) is 14.6. The zero-order chi connectivity index (χ0) is 19.9. The Bertz CT molecular complexity index is 938. The van der Waals surface area contributed by atoms with E-state index in [0.717, 1.165) is 17.8 Å². The molecule has 0 aliphatic heterocycles. The topological polar surface area (TPSA) is 83.5 Å². The Hall–Kier alpha value is -3.04. The molecule has 146 valence electrons. The number of hydrogen-bond donors (Lipinski definition) is 3. The van der Waals surface area contributed by atoms with Crippen LogP contribution in [0.15, 0.2) is 53.4 Å². The average molecular weight is 405 g/mol. The third kappa shape index (κ3) is 5.48. The summed E-state index contributed by atoms with van der Waals surface area (Å²) in [5.74, 6) is -1.50. The molecule has 2 aromatic carbocycles. The lowest BCUT2D eigenvalue weighted by Crippen LogP contribution is -2.32. The zero-order valence-corrected chi connectivity index (χ0v) is 15.4. The number of aliphatic hydroxyl groups excluding tert-OH is 1. The minimum atomic E-state index is -1.17. The number of aliphatic hydroxyl groups is 1. The fourth-order valence-corrected chi connectivity index (χ4v) is 2.87. The number of thiazole rings is 1. The number of aromatic nitrogens is 1. The van der Waals surface area contributed by atoms with Gasteiger partial charge in [0.2, 0.25) is 0 Å². The predicted octanol–water partition coefficient (Wildman–Crippen LogP) is 3.86. The second kappa shape index (κ2) is 9.25. The number of ether oxygens (including phenoxy) is 1. The minimum absolute atomic E-state index is 0.164. The number of nitrogens with zero attached hydrogens (tertiary/aromatic N) is 1. The van der Waals surface area contributed by atoms with Gasteiger partial charge in [-0.2, -0.15) is 0 Å². The Kier molecular flexibility index (Phi) is 6.51. The Morgan fingerprint density at radius 2 is 2.07 bits per heavy atom. The third-order valence-electron chi connectivity index (χ3n) is 3.75. The number of anilines is 1. The van der Waals surface area contributed by atoms with Gasteiger partial charge in [-0.3, -0.25) is 0 Å². The van der Waals surface area contributed by atoms with E-state index in [2.05, 4.69) is 15.6 Å². The van der Waals surface area contributed by atoms with Gasteiger partial charge in [-0.05, 0) is 29.8 Å². The number of nitrogens with one attached hydrogen (secondary N) is 2. The molecule has 0 saturated heterocycles. The fraction of sp³-hybridized carbons (Fsp3) is 0.158. The molecule has 0 spiro atoms. The maximum absolute atomic E-state index is 13.2. The molecule has 1 atom stereocenters. The van der Waals surface area contributed by atoms with E-state index in [4.69, 9.17) is 4.74 Å². The second-order valence-electron chi connectivity index (χ2n) is 5.82. The summed E-state index contributed by atoms with van der Waals surface area (Å²) in [5.41, 5.74) is 3.19. The van der Waals surface area contributed by atoms with Crippen LogP contribution in [-0.4, -0.2) is 22.7 Å². The van der Waals surface area contributed by atoms with Crippen LogP contribution in [0, 0.1) is 11.6 Å². The first kappa shape index (κ1) is 19.7. The van der Waals surface area contributed by atoms with Crippen molar-refractivity contribution in [3.63, 3.8) is 0 Å². The van der Waals surface area contributed by atoms with Crippen LogP contribution in [0.25, 0.3) is 0 Å². The van der Waals surface area contributed by atoms with Gasteiger partial charge in [0.1, 0.15) is 12.4 Å². The molecule has 0 radical (unpaired) electrons. The highest BCUT2D eigenvalue weighted by Gasteiger charge is 2.12. The predicted molar refractivity (Wildman–Crippen MR) is 101 cm³/mol. The summed E-state index contributed by atoms with van der Waals surface area (Å²) in [4.78, 5) is 16.1. The van der Waals surface area contributed by atoms with Crippen molar-refractivity contribution in [1.29, 1.82) is 0 Å². The molecule has 0 saturated carbocycles. The summed E-state index contributed by atoms with van der Waals surface area (Å²) in [5, 5.41) is 17.0. The molecule has 0 fully saturated rings. The monoisotopic (exact) mass is 405 g/mol. The van der Waals surface area contributed by atoms with Gasteiger partial charge >= 0.3 is 6.03 Å². The fourth-order valence-electron chi connectivity index (χ4n) is 2.33. The molecule has 1 unspecified atom stereocenters. The SMILES string of the molecule is O=C(NCC(O)c1ccc(F)c(F)c1)Nc1cccc(OCc2cscn2)c1.